The fourth-order valence-corrected chi connectivity index (χ4v) is 4.88. The third-order valence-electron chi connectivity index (χ3n) is 6.09. The van der Waals surface area contributed by atoms with Gasteiger partial charge >= 0.3 is 5.97 Å². The lowest BCUT2D eigenvalue weighted by Crippen LogP contribution is -2.34. The van der Waals surface area contributed by atoms with Crippen LogP contribution in [-0.4, -0.2) is 48.4 Å². The number of hydrogen-bond acceptors (Lipinski definition) is 4. The van der Waals surface area contributed by atoms with Gasteiger partial charge in [0, 0.05) is 39.0 Å². The van der Waals surface area contributed by atoms with Crippen molar-refractivity contribution in [2.45, 2.75) is 19.5 Å². The quantitative estimate of drug-likeness (QED) is 0.745. The Bertz CT molecular complexity index is 932. The molecule has 2 saturated heterocycles. The van der Waals surface area contributed by atoms with Crippen LogP contribution >= 0.6 is 0 Å². The summed E-state index contributed by atoms with van der Waals surface area (Å²) < 4.78 is 18.6. The summed E-state index contributed by atoms with van der Waals surface area (Å²) in [5.41, 5.74) is 2.46. The van der Waals surface area contributed by atoms with Gasteiger partial charge < -0.3 is 9.64 Å². The number of rotatable bonds is 4. The van der Waals surface area contributed by atoms with Gasteiger partial charge in [0.25, 0.3) is 0 Å². The molecule has 0 aliphatic carbocycles. The molecular weight excluding hydrogens is 371 g/mol. The van der Waals surface area contributed by atoms with Crippen molar-refractivity contribution >= 4 is 11.9 Å². The fraction of sp³-hybridized carbons (Fsp3) is 0.391. The lowest BCUT2D eigenvalue weighted by molar-refractivity contribution is -0.130. The van der Waals surface area contributed by atoms with E-state index < -0.39 is 0 Å². The highest BCUT2D eigenvalue weighted by Crippen LogP contribution is 2.45. The molecule has 2 heterocycles. The van der Waals surface area contributed by atoms with Crippen molar-refractivity contribution in [3.8, 4) is 0 Å². The van der Waals surface area contributed by atoms with E-state index in [1.54, 1.807) is 25.1 Å². The molecule has 6 heteroatoms. The van der Waals surface area contributed by atoms with E-state index >= 15 is 0 Å². The van der Waals surface area contributed by atoms with Crippen molar-refractivity contribution in [2.75, 3.05) is 26.7 Å². The Morgan fingerprint density at radius 2 is 1.90 bits per heavy atom. The molecule has 0 unspecified atom stereocenters. The summed E-state index contributed by atoms with van der Waals surface area (Å²) >= 11 is 0. The maximum absolute atomic E-state index is 13.8. The van der Waals surface area contributed by atoms with Crippen LogP contribution in [0.2, 0.25) is 0 Å². The molecule has 1 amide bonds. The number of nitrogens with zero attached hydrogens (tertiary/aromatic N) is 2. The molecule has 0 aromatic heterocycles. The molecular formula is C23H25FN2O3. The summed E-state index contributed by atoms with van der Waals surface area (Å²) in [5, 5.41) is 0. The predicted molar refractivity (Wildman–Crippen MR) is 107 cm³/mol. The van der Waals surface area contributed by atoms with Gasteiger partial charge in [-0.25, -0.2) is 9.18 Å². The lowest BCUT2D eigenvalue weighted by Gasteiger charge is -2.29. The van der Waals surface area contributed by atoms with Gasteiger partial charge in [-0.1, -0.05) is 24.3 Å². The number of esters is 1. The van der Waals surface area contributed by atoms with E-state index in [-0.39, 0.29) is 29.7 Å². The van der Waals surface area contributed by atoms with Crippen molar-refractivity contribution in [1.29, 1.82) is 0 Å². The molecule has 0 radical (unpaired) electrons. The minimum atomic E-state index is -0.339. The van der Waals surface area contributed by atoms with Crippen LogP contribution in [0.3, 0.4) is 0 Å². The summed E-state index contributed by atoms with van der Waals surface area (Å²) in [6.45, 7) is 4.72. The molecule has 3 atom stereocenters. The van der Waals surface area contributed by atoms with Crippen molar-refractivity contribution < 1.29 is 18.7 Å². The summed E-state index contributed by atoms with van der Waals surface area (Å²) in [5.74, 6) is 0.0452. The number of carbonyl (C=O) groups excluding carboxylic acids is 2. The second kappa shape index (κ2) is 7.95. The maximum atomic E-state index is 13.8. The van der Waals surface area contributed by atoms with Gasteiger partial charge in [-0.2, -0.15) is 0 Å². The zero-order valence-electron chi connectivity index (χ0n) is 16.7. The number of likely N-dealkylation sites (tertiary alicyclic amines) is 2. The highest BCUT2D eigenvalue weighted by atomic mass is 19.1. The van der Waals surface area contributed by atoms with E-state index in [1.807, 2.05) is 29.2 Å². The normalized spacial score (nSPS) is 23.8. The number of ether oxygens (including phenoxy) is 1. The van der Waals surface area contributed by atoms with E-state index in [1.165, 1.54) is 13.2 Å². The minimum Gasteiger partial charge on any atom is -0.465 e. The van der Waals surface area contributed by atoms with Crippen molar-refractivity contribution in [3.63, 3.8) is 0 Å². The number of methoxy groups -OCH3 is 1. The van der Waals surface area contributed by atoms with E-state index in [0.29, 0.717) is 18.0 Å². The van der Waals surface area contributed by atoms with Crippen molar-refractivity contribution in [2.24, 2.45) is 11.8 Å². The Labute approximate surface area is 170 Å². The number of hydrogen-bond donors (Lipinski definition) is 0. The average Bonchev–Trinajstić information content (AvgIpc) is 3.24. The number of benzene rings is 2. The Morgan fingerprint density at radius 3 is 2.62 bits per heavy atom. The number of carbonyl (C=O) groups is 2. The van der Waals surface area contributed by atoms with Gasteiger partial charge in [-0.3, -0.25) is 9.69 Å². The molecule has 5 nitrogen and oxygen atoms in total. The summed E-state index contributed by atoms with van der Waals surface area (Å²) in [4.78, 5) is 28.3. The third kappa shape index (κ3) is 3.90. The molecule has 2 aromatic carbocycles. The molecule has 2 fully saturated rings. The van der Waals surface area contributed by atoms with Crippen LogP contribution in [0.4, 0.5) is 4.39 Å². The Kier molecular flexibility index (Phi) is 5.37. The lowest BCUT2D eigenvalue weighted by atomic mass is 9.89. The van der Waals surface area contributed by atoms with Gasteiger partial charge in [-0.15, -0.1) is 0 Å². The first-order valence-corrected chi connectivity index (χ1v) is 9.88. The molecule has 152 valence electrons. The summed E-state index contributed by atoms with van der Waals surface area (Å²) in [6, 6.07) is 14.0. The van der Waals surface area contributed by atoms with Crippen LogP contribution in [-0.2, 0) is 16.1 Å². The van der Waals surface area contributed by atoms with Gasteiger partial charge in [0.05, 0.1) is 18.7 Å². The maximum Gasteiger partial charge on any atom is 0.337 e. The SMILES string of the molecule is COC(=O)c1cccc(CN2C[C@@H]3CN(C(C)=O)[C@H](c4cccc(F)c4)[C@@H]3C2)c1. The molecule has 4 rings (SSSR count). The standard InChI is InChI=1S/C23H25FN2O3/c1-15(27)26-13-19-12-25(11-16-5-3-7-18(9-16)23(28)29-2)14-21(19)22(26)17-6-4-8-20(24)10-17/h3-10,19,21-22H,11-14H2,1-2H3/t19-,21-,22-/m1/s1. The molecule has 2 aliphatic heterocycles. The topological polar surface area (TPSA) is 49.9 Å². The monoisotopic (exact) mass is 396 g/mol. The second-order valence-corrected chi connectivity index (χ2v) is 7.98. The summed E-state index contributed by atoms with van der Waals surface area (Å²) in [6.07, 6.45) is 0. The average molecular weight is 396 g/mol. The second-order valence-electron chi connectivity index (χ2n) is 7.98. The molecule has 29 heavy (non-hydrogen) atoms. The number of amides is 1. The Morgan fingerprint density at radius 1 is 1.10 bits per heavy atom. The number of fused-ring (bicyclic) bond motifs is 1. The third-order valence-corrected chi connectivity index (χ3v) is 6.09. The van der Waals surface area contributed by atoms with Gasteiger partial charge in [0.1, 0.15) is 5.82 Å². The first kappa shape index (κ1) is 19.6. The molecule has 0 N–H and O–H groups in total. The Hall–Kier alpha value is -2.73. The molecule has 0 bridgehead atoms. The van der Waals surface area contributed by atoms with Crippen LogP contribution in [0, 0.1) is 17.7 Å². The largest absolute Gasteiger partial charge is 0.465 e. The Balaban J connectivity index is 1.52. The van der Waals surface area contributed by atoms with Crippen LogP contribution in [0.1, 0.15) is 34.5 Å². The van der Waals surface area contributed by atoms with Crippen LogP contribution in [0.25, 0.3) is 0 Å². The van der Waals surface area contributed by atoms with Crippen LogP contribution in [0.5, 0.6) is 0 Å². The molecule has 2 aliphatic rings. The predicted octanol–water partition coefficient (Wildman–Crippen LogP) is 3.26. The van der Waals surface area contributed by atoms with E-state index in [2.05, 4.69) is 4.90 Å². The smallest absolute Gasteiger partial charge is 0.337 e. The zero-order valence-corrected chi connectivity index (χ0v) is 16.7. The highest BCUT2D eigenvalue weighted by molar-refractivity contribution is 5.89. The molecule has 2 aromatic rings. The highest BCUT2D eigenvalue weighted by Gasteiger charge is 2.48. The van der Waals surface area contributed by atoms with Crippen molar-refractivity contribution in [1.82, 2.24) is 9.80 Å². The zero-order chi connectivity index (χ0) is 20.5. The van der Waals surface area contributed by atoms with Gasteiger partial charge in [-0.05, 0) is 41.3 Å². The first-order chi connectivity index (χ1) is 14.0. The fourth-order valence-electron chi connectivity index (χ4n) is 4.88. The van der Waals surface area contributed by atoms with E-state index in [9.17, 15) is 14.0 Å². The van der Waals surface area contributed by atoms with Gasteiger partial charge in [0.2, 0.25) is 5.91 Å². The van der Waals surface area contributed by atoms with Gasteiger partial charge in [0.15, 0.2) is 0 Å². The van der Waals surface area contributed by atoms with E-state index in [0.717, 1.165) is 30.8 Å². The summed E-state index contributed by atoms with van der Waals surface area (Å²) in [7, 11) is 1.38. The molecule has 0 spiro atoms. The van der Waals surface area contributed by atoms with Crippen LogP contribution < -0.4 is 0 Å². The molecule has 0 saturated carbocycles. The minimum absolute atomic E-state index is 0.0333. The van der Waals surface area contributed by atoms with Crippen LogP contribution in [0.15, 0.2) is 48.5 Å². The van der Waals surface area contributed by atoms with Crippen molar-refractivity contribution in [3.05, 3.63) is 71.0 Å². The number of halogens is 1. The first-order valence-electron chi connectivity index (χ1n) is 9.88. The van der Waals surface area contributed by atoms with E-state index in [4.69, 9.17) is 4.74 Å².